The Morgan fingerprint density at radius 2 is 1.65 bits per heavy atom. The summed E-state index contributed by atoms with van der Waals surface area (Å²) in [5, 5.41) is 0. The van der Waals surface area contributed by atoms with Crippen LogP contribution >= 0.6 is 0 Å². The van der Waals surface area contributed by atoms with Crippen LogP contribution in [-0.2, 0) is 9.53 Å². The van der Waals surface area contributed by atoms with Gasteiger partial charge in [0.25, 0.3) is 0 Å². The van der Waals surface area contributed by atoms with Crippen molar-refractivity contribution in [3.05, 3.63) is 0 Å². The summed E-state index contributed by atoms with van der Waals surface area (Å²) in [6, 6.07) is -0.0745. The molecule has 1 aliphatic rings. The first kappa shape index (κ1) is 14.5. The molecule has 1 rings (SSSR count). The van der Waals surface area contributed by atoms with Crippen molar-refractivity contribution in [3.8, 4) is 0 Å². The Labute approximate surface area is 106 Å². The van der Waals surface area contributed by atoms with Gasteiger partial charge in [-0.2, -0.15) is 0 Å². The van der Waals surface area contributed by atoms with Crippen molar-refractivity contribution in [2.75, 3.05) is 13.1 Å². The lowest BCUT2D eigenvalue weighted by Crippen LogP contribution is -2.49. The Kier molecular flexibility index (Phi) is 4.99. The van der Waals surface area contributed by atoms with Crippen LogP contribution < -0.4 is 0 Å². The smallest absolute Gasteiger partial charge is 0.324 e. The Hall–Kier alpha value is -0.570. The number of carbonyl (C=O) groups is 1. The van der Waals surface area contributed by atoms with Gasteiger partial charge in [0.15, 0.2) is 0 Å². The minimum atomic E-state index is -0.389. The molecule has 3 nitrogen and oxygen atoms in total. The minimum Gasteiger partial charge on any atom is -0.459 e. The molecule has 1 heterocycles. The van der Waals surface area contributed by atoms with E-state index in [1.807, 2.05) is 20.8 Å². The second-order valence-corrected chi connectivity index (χ2v) is 6.32. The normalized spacial score (nSPS) is 20.4. The molecule has 0 aromatic rings. The highest BCUT2D eigenvalue weighted by Gasteiger charge is 2.33. The van der Waals surface area contributed by atoms with Gasteiger partial charge in [-0.15, -0.1) is 0 Å². The monoisotopic (exact) mass is 241 g/mol. The fourth-order valence-corrected chi connectivity index (χ4v) is 2.40. The van der Waals surface area contributed by atoms with Crippen LogP contribution in [0.3, 0.4) is 0 Å². The van der Waals surface area contributed by atoms with Crippen molar-refractivity contribution in [2.45, 2.75) is 65.5 Å². The number of esters is 1. The van der Waals surface area contributed by atoms with E-state index in [1.165, 1.54) is 19.3 Å². The van der Waals surface area contributed by atoms with E-state index in [0.29, 0.717) is 5.92 Å². The summed E-state index contributed by atoms with van der Waals surface area (Å²) < 4.78 is 5.53. The SMILES string of the molecule is CC(C)[C@@H](C(=O)OC(C)(C)C)N1CCCCC1. The highest BCUT2D eigenvalue weighted by atomic mass is 16.6. The van der Waals surface area contributed by atoms with Crippen molar-refractivity contribution in [1.82, 2.24) is 4.90 Å². The van der Waals surface area contributed by atoms with E-state index in [1.54, 1.807) is 0 Å². The number of nitrogens with zero attached hydrogens (tertiary/aromatic N) is 1. The molecule has 0 amide bonds. The lowest BCUT2D eigenvalue weighted by atomic mass is 9.99. The number of rotatable bonds is 3. The average Bonchev–Trinajstić information content (AvgIpc) is 2.15. The molecule has 17 heavy (non-hydrogen) atoms. The first-order valence-electron chi connectivity index (χ1n) is 6.78. The third-order valence-corrected chi connectivity index (χ3v) is 3.06. The van der Waals surface area contributed by atoms with Crippen LogP contribution in [0.15, 0.2) is 0 Å². The maximum atomic E-state index is 12.2. The number of hydrogen-bond donors (Lipinski definition) is 0. The molecular formula is C14H27NO2. The van der Waals surface area contributed by atoms with Crippen molar-refractivity contribution < 1.29 is 9.53 Å². The first-order chi connectivity index (χ1) is 7.81. The van der Waals surface area contributed by atoms with Crippen LogP contribution in [0.5, 0.6) is 0 Å². The van der Waals surface area contributed by atoms with E-state index in [9.17, 15) is 4.79 Å². The third-order valence-electron chi connectivity index (χ3n) is 3.06. The van der Waals surface area contributed by atoms with Gasteiger partial charge in [0.2, 0.25) is 0 Å². The summed E-state index contributed by atoms with van der Waals surface area (Å²) in [6.45, 7) is 12.0. The zero-order valence-corrected chi connectivity index (χ0v) is 12.0. The maximum absolute atomic E-state index is 12.2. The molecule has 0 unspecified atom stereocenters. The summed E-state index contributed by atoms with van der Waals surface area (Å²) in [6.07, 6.45) is 3.69. The summed E-state index contributed by atoms with van der Waals surface area (Å²) in [5.74, 6) is 0.248. The van der Waals surface area contributed by atoms with Crippen LogP contribution in [0.25, 0.3) is 0 Å². The van der Waals surface area contributed by atoms with Crippen LogP contribution in [0, 0.1) is 5.92 Å². The number of likely N-dealkylation sites (tertiary alicyclic amines) is 1. The van der Waals surface area contributed by atoms with Gasteiger partial charge >= 0.3 is 5.97 Å². The Bertz CT molecular complexity index is 249. The quantitative estimate of drug-likeness (QED) is 0.712. The summed E-state index contributed by atoms with van der Waals surface area (Å²) in [7, 11) is 0. The lowest BCUT2D eigenvalue weighted by molar-refractivity contribution is -0.163. The second kappa shape index (κ2) is 5.85. The minimum absolute atomic E-state index is 0.0607. The van der Waals surface area contributed by atoms with Gasteiger partial charge in [-0.25, -0.2) is 0 Å². The molecule has 0 aromatic heterocycles. The summed E-state index contributed by atoms with van der Waals surface area (Å²) in [4.78, 5) is 14.5. The third kappa shape index (κ3) is 4.66. The second-order valence-electron chi connectivity index (χ2n) is 6.32. The fourth-order valence-electron chi connectivity index (χ4n) is 2.40. The average molecular weight is 241 g/mol. The molecule has 0 N–H and O–H groups in total. The van der Waals surface area contributed by atoms with Crippen molar-refractivity contribution >= 4 is 5.97 Å². The molecule has 0 aliphatic carbocycles. The number of ether oxygens (including phenoxy) is 1. The van der Waals surface area contributed by atoms with E-state index >= 15 is 0 Å². The Morgan fingerprint density at radius 3 is 2.06 bits per heavy atom. The van der Waals surface area contributed by atoms with E-state index in [2.05, 4.69) is 18.7 Å². The topological polar surface area (TPSA) is 29.5 Å². The molecule has 1 saturated heterocycles. The molecule has 1 atom stereocenters. The molecule has 1 aliphatic heterocycles. The van der Waals surface area contributed by atoms with E-state index in [-0.39, 0.29) is 17.6 Å². The molecule has 0 saturated carbocycles. The predicted octanol–water partition coefficient (Wildman–Crippen LogP) is 2.84. The molecule has 0 bridgehead atoms. The molecule has 0 spiro atoms. The zero-order chi connectivity index (χ0) is 13.1. The summed E-state index contributed by atoms with van der Waals surface area (Å²) in [5.41, 5.74) is -0.389. The Balaban J connectivity index is 2.67. The standard InChI is InChI=1S/C14H27NO2/c1-11(2)12(13(16)17-14(3,4)5)15-9-7-6-8-10-15/h11-12H,6-10H2,1-5H3/t12-/m0/s1. The van der Waals surface area contributed by atoms with Crippen molar-refractivity contribution in [2.24, 2.45) is 5.92 Å². The molecule has 0 aromatic carbocycles. The van der Waals surface area contributed by atoms with Gasteiger partial charge in [0, 0.05) is 0 Å². The van der Waals surface area contributed by atoms with Crippen LogP contribution in [0.4, 0.5) is 0 Å². The van der Waals surface area contributed by atoms with Crippen molar-refractivity contribution in [3.63, 3.8) is 0 Å². The fraction of sp³-hybridized carbons (Fsp3) is 0.929. The number of piperidine rings is 1. The van der Waals surface area contributed by atoms with Gasteiger partial charge in [-0.05, 0) is 52.6 Å². The number of carbonyl (C=O) groups excluding carboxylic acids is 1. The summed E-state index contributed by atoms with van der Waals surface area (Å²) >= 11 is 0. The largest absolute Gasteiger partial charge is 0.459 e. The highest BCUT2D eigenvalue weighted by Crippen LogP contribution is 2.20. The van der Waals surface area contributed by atoms with Gasteiger partial charge in [-0.3, -0.25) is 9.69 Å². The van der Waals surface area contributed by atoms with E-state index < -0.39 is 0 Å². The molecule has 3 heteroatoms. The van der Waals surface area contributed by atoms with E-state index in [0.717, 1.165) is 13.1 Å². The lowest BCUT2D eigenvalue weighted by Gasteiger charge is -2.36. The first-order valence-corrected chi connectivity index (χ1v) is 6.78. The van der Waals surface area contributed by atoms with Crippen molar-refractivity contribution in [1.29, 1.82) is 0 Å². The van der Waals surface area contributed by atoms with Gasteiger partial charge in [-0.1, -0.05) is 20.3 Å². The molecule has 0 radical (unpaired) electrons. The Morgan fingerprint density at radius 1 is 1.12 bits per heavy atom. The van der Waals surface area contributed by atoms with Gasteiger partial charge in [0.05, 0.1) is 0 Å². The maximum Gasteiger partial charge on any atom is 0.324 e. The van der Waals surface area contributed by atoms with Crippen LogP contribution in [-0.4, -0.2) is 35.6 Å². The zero-order valence-electron chi connectivity index (χ0n) is 12.0. The molecule has 1 fully saturated rings. The molecular weight excluding hydrogens is 214 g/mol. The van der Waals surface area contributed by atoms with Crippen LogP contribution in [0.1, 0.15) is 53.9 Å². The van der Waals surface area contributed by atoms with Gasteiger partial charge < -0.3 is 4.74 Å². The molecule has 100 valence electrons. The van der Waals surface area contributed by atoms with Gasteiger partial charge in [0.1, 0.15) is 11.6 Å². The number of hydrogen-bond acceptors (Lipinski definition) is 3. The van der Waals surface area contributed by atoms with Crippen LogP contribution in [0.2, 0.25) is 0 Å². The highest BCUT2D eigenvalue weighted by molar-refractivity contribution is 5.76. The van der Waals surface area contributed by atoms with E-state index in [4.69, 9.17) is 4.74 Å². The predicted molar refractivity (Wildman–Crippen MR) is 69.9 cm³/mol.